The van der Waals surface area contributed by atoms with Crippen LogP contribution in [0.25, 0.3) is 0 Å². The fourth-order valence-corrected chi connectivity index (χ4v) is 0.192. The quantitative estimate of drug-likeness (QED) is 0.592. The predicted octanol–water partition coefficient (Wildman–Crippen LogP) is 0.0988. The molecule has 0 saturated heterocycles. The maximum Gasteiger partial charge on any atom is 0.404 e. The first-order valence-electron chi connectivity index (χ1n) is 4.03. The smallest absolute Gasteiger partial charge is 0.404 e. The number of nitrogens with two attached hydrogens (primary N) is 1. The molecule has 1 amide bonds. The maximum absolute atomic E-state index is 9.60. The molecule has 0 aliphatic carbocycles. The zero-order valence-corrected chi connectivity index (χ0v) is 8.41. The summed E-state index contributed by atoms with van der Waals surface area (Å²) < 4.78 is 4.18. The van der Waals surface area contributed by atoms with Crippen molar-refractivity contribution in [2.45, 2.75) is 20.8 Å². The van der Waals surface area contributed by atoms with Crippen LogP contribution < -0.4 is 5.73 Å². The minimum atomic E-state index is -0.711. The van der Waals surface area contributed by atoms with Crippen molar-refractivity contribution in [3.05, 3.63) is 0 Å². The number of ether oxygens (including phenoxy) is 1. The van der Waals surface area contributed by atoms with Gasteiger partial charge in [-0.25, -0.2) is 4.79 Å². The Kier molecular flexibility index (Phi) is 8.84. The number of primary amides is 1. The van der Waals surface area contributed by atoms with Crippen LogP contribution in [0.15, 0.2) is 0 Å². The summed E-state index contributed by atoms with van der Waals surface area (Å²) in [6, 6.07) is 0. The molecule has 0 saturated carbocycles. The number of rotatable bonds is 3. The molecule has 0 aromatic heterocycles. The molecule has 0 spiro atoms. The molecule has 13 heavy (non-hydrogen) atoms. The van der Waals surface area contributed by atoms with E-state index in [-0.39, 0.29) is 18.6 Å². The molecule has 0 radical (unpaired) electrons. The molecule has 0 aromatic carbocycles. The second-order valence-electron chi connectivity index (χ2n) is 3.23. The van der Waals surface area contributed by atoms with E-state index < -0.39 is 6.09 Å². The molecule has 0 heterocycles. The average molecular weight is 193 g/mol. The molecule has 5 nitrogen and oxygen atoms in total. The van der Waals surface area contributed by atoms with E-state index in [1.165, 1.54) is 0 Å². The molecule has 0 aliphatic heterocycles. The third kappa shape index (κ3) is 14.1. The van der Waals surface area contributed by atoms with Gasteiger partial charge in [-0.15, -0.1) is 0 Å². The van der Waals surface area contributed by atoms with Gasteiger partial charge in [-0.2, -0.15) is 0 Å². The van der Waals surface area contributed by atoms with Gasteiger partial charge in [0.05, 0.1) is 19.8 Å². The number of amides is 1. The Hall–Kier alpha value is -0.810. The van der Waals surface area contributed by atoms with Crippen molar-refractivity contribution in [1.29, 1.82) is 0 Å². The van der Waals surface area contributed by atoms with Gasteiger partial charge < -0.3 is 20.7 Å². The van der Waals surface area contributed by atoms with Crippen molar-refractivity contribution in [3.8, 4) is 0 Å². The molecule has 4 N–H and O–H groups in total. The fraction of sp³-hybridized carbons (Fsp3) is 0.875. The largest absolute Gasteiger partial charge is 0.450 e. The number of hydrogen-bond donors (Lipinski definition) is 3. The minimum absolute atomic E-state index is 0.0451. The van der Waals surface area contributed by atoms with Gasteiger partial charge >= 0.3 is 6.09 Å². The van der Waals surface area contributed by atoms with Crippen LogP contribution in [0.1, 0.15) is 20.8 Å². The summed E-state index contributed by atoms with van der Waals surface area (Å²) in [5.74, 6) is 0. The van der Waals surface area contributed by atoms with E-state index in [2.05, 4.69) is 10.5 Å². The van der Waals surface area contributed by atoms with Crippen LogP contribution >= 0.6 is 0 Å². The molecular formula is C8H19NO4. The van der Waals surface area contributed by atoms with Crippen LogP contribution in [-0.2, 0) is 4.74 Å². The standard InChI is InChI=1S/C5H12O2.C3H7NO2/c1-5(2,3-6)4-7;1-2-6-3(4)5/h6-7H,3-4H2,1-2H3;2H2,1H3,(H2,4,5). The second kappa shape index (κ2) is 7.82. The third-order valence-electron chi connectivity index (χ3n) is 1.14. The van der Waals surface area contributed by atoms with E-state index >= 15 is 0 Å². The first-order chi connectivity index (χ1) is 5.89. The van der Waals surface area contributed by atoms with Gasteiger partial charge in [-0.05, 0) is 6.92 Å². The van der Waals surface area contributed by atoms with Crippen LogP contribution in [0.5, 0.6) is 0 Å². The highest BCUT2D eigenvalue weighted by Crippen LogP contribution is 2.10. The van der Waals surface area contributed by atoms with Crippen molar-refractivity contribution >= 4 is 6.09 Å². The molecule has 0 rings (SSSR count). The monoisotopic (exact) mass is 193 g/mol. The number of aliphatic hydroxyl groups is 2. The Labute approximate surface area is 78.5 Å². The van der Waals surface area contributed by atoms with Crippen LogP contribution in [-0.4, -0.2) is 36.1 Å². The molecule has 0 aromatic rings. The lowest BCUT2D eigenvalue weighted by Gasteiger charge is -2.16. The minimum Gasteiger partial charge on any atom is -0.450 e. The lowest BCUT2D eigenvalue weighted by Crippen LogP contribution is -2.20. The zero-order chi connectivity index (χ0) is 10.9. The molecular weight excluding hydrogens is 174 g/mol. The van der Waals surface area contributed by atoms with Gasteiger partial charge in [0, 0.05) is 5.41 Å². The Morgan fingerprint density at radius 2 is 1.77 bits per heavy atom. The first kappa shape index (κ1) is 14.7. The van der Waals surface area contributed by atoms with Gasteiger partial charge in [-0.1, -0.05) is 13.8 Å². The Morgan fingerprint density at radius 1 is 1.38 bits per heavy atom. The number of carbonyl (C=O) groups is 1. The van der Waals surface area contributed by atoms with E-state index in [4.69, 9.17) is 10.2 Å². The van der Waals surface area contributed by atoms with E-state index in [0.29, 0.717) is 6.61 Å². The van der Waals surface area contributed by atoms with E-state index in [1.54, 1.807) is 20.8 Å². The molecule has 80 valence electrons. The van der Waals surface area contributed by atoms with Crippen LogP contribution in [0.4, 0.5) is 4.79 Å². The number of hydrogen-bond acceptors (Lipinski definition) is 4. The summed E-state index contributed by atoms with van der Waals surface area (Å²) in [6.45, 7) is 5.74. The van der Waals surface area contributed by atoms with E-state index in [1.807, 2.05) is 0 Å². The van der Waals surface area contributed by atoms with Crippen molar-refractivity contribution in [2.24, 2.45) is 11.1 Å². The van der Waals surface area contributed by atoms with Crippen LogP contribution in [0.2, 0.25) is 0 Å². The zero-order valence-electron chi connectivity index (χ0n) is 8.41. The Bertz CT molecular complexity index is 130. The highest BCUT2D eigenvalue weighted by molar-refractivity contribution is 5.64. The lowest BCUT2D eigenvalue weighted by molar-refractivity contribution is 0.0857. The third-order valence-corrected chi connectivity index (χ3v) is 1.14. The molecule has 0 atom stereocenters. The number of carbonyl (C=O) groups excluding carboxylic acids is 1. The van der Waals surface area contributed by atoms with Gasteiger partial charge in [0.2, 0.25) is 0 Å². The van der Waals surface area contributed by atoms with Crippen molar-refractivity contribution in [1.82, 2.24) is 0 Å². The molecule has 0 aliphatic rings. The maximum atomic E-state index is 9.60. The Morgan fingerprint density at radius 3 is 1.77 bits per heavy atom. The van der Waals surface area contributed by atoms with E-state index in [9.17, 15) is 4.79 Å². The van der Waals surface area contributed by atoms with Crippen LogP contribution in [0, 0.1) is 5.41 Å². The highest BCUT2D eigenvalue weighted by atomic mass is 16.5. The highest BCUT2D eigenvalue weighted by Gasteiger charge is 2.13. The van der Waals surface area contributed by atoms with Crippen LogP contribution in [0.3, 0.4) is 0 Å². The summed E-state index contributed by atoms with van der Waals surface area (Å²) in [5.41, 5.74) is 4.24. The summed E-state index contributed by atoms with van der Waals surface area (Å²) in [5, 5.41) is 16.9. The van der Waals surface area contributed by atoms with Crippen molar-refractivity contribution in [3.63, 3.8) is 0 Å². The first-order valence-corrected chi connectivity index (χ1v) is 4.03. The summed E-state index contributed by atoms with van der Waals surface area (Å²) in [6.07, 6.45) is -0.711. The lowest BCUT2D eigenvalue weighted by atomic mass is 9.97. The Balaban J connectivity index is 0. The normalized spacial score (nSPS) is 9.92. The van der Waals surface area contributed by atoms with E-state index in [0.717, 1.165) is 0 Å². The van der Waals surface area contributed by atoms with Gasteiger partial charge in [0.25, 0.3) is 0 Å². The molecule has 5 heteroatoms. The van der Waals surface area contributed by atoms with Gasteiger partial charge in [-0.3, -0.25) is 0 Å². The van der Waals surface area contributed by atoms with Crippen molar-refractivity contribution in [2.75, 3.05) is 19.8 Å². The molecule has 0 fully saturated rings. The average Bonchev–Trinajstić information content (AvgIpc) is 2.05. The predicted molar refractivity (Wildman–Crippen MR) is 49.2 cm³/mol. The number of aliphatic hydroxyl groups excluding tert-OH is 2. The summed E-state index contributed by atoms with van der Waals surface area (Å²) >= 11 is 0. The second-order valence-corrected chi connectivity index (χ2v) is 3.23. The SMILES string of the molecule is CC(C)(CO)CO.CCOC(N)=O. The van der Waals surface area contributed by atoms with Gasteiger partial charge in [0.1, 0.15) is 0 Å². The molecule has 0 bridgehead atoms. The summed E-state index contributed by atoms with van der Waals surface area (Å²) in [4.78, 5) is 9.60. The fourth-order valence-electron chi connectivity index (χ4n) is 0.192. The van der Waals surface area contributed by atoms with Gasteiger partial charge in [0.15, 0.2) is 0 Å². The summed E-state index contributed by atoms with van der Waals surface area (Å²) in [7, 11) is 0. The topological polar surface area (TPSA) is 92.8 Å². The van der Waals surface area contributed by atoms with Crippen molar-refractivity contribution < 1.29 is 19.7 Å². The molecule has 0 unspecified atom stereocenters.